The SMILES string of the molecule is CNC(=O)[C@@H](C)N(CCc1ccccc1)C(=O)CN(c1ccc(C)cc1C)S(=O)(=O)c1ccc(C)cc1. The maximum atomic E-state index is 13.9. The Balaban J connectivity index is 2.01. The average Bonchev–Trinajstić information content (AvgIpc) is 2.88. The topological polar surface area (TPSA) is 86.8 Å². The minimum atomic E-state index is -4.07. The monoisotopic (exact) mass is 521 g/mol. The van der Waals surface area contributed by atoms with Gasteiger partial charge in [-0.15, -0.1) is 0 Å². The van der Waals surface area contributed by atoms with Gasteiger partial charge in [0.2, 0.25) is 11.8 Å². The van der Waals surface area contributed by atoms with Gasteiger partial charge in [0.15, 0.2) is 0 Å². The first-order valence-electron chi connectivity index (χ1n) is 12.3. The molecule has 0 aliphatic carbocycles. The van der Waals surface area contributed by atoms with Crippen LogP contribution in [0.25, 0.3) is 0 Å². The first-order chi connectivity index (χ1) is 17.5. The third kappa shape index (κ3) is 6.77. The lowest BCUT2D eigenvalue weighted by atomic mass is 10.1. The number of amides is 2. The Bertz CT molecular complexity index is 1340. The van der Waals surface area contributed by atoms with E-state index < -0.39 is 28.5 Å². The molecule has 0 aliphatic heterocycles. The molecule has 0 heterocycles. The van der Waals surface area contributed by atoms with Crippen molar-refractivity contribution in [2.24, 2.45) is 0 Å². The Morgan fingerprint density at radius 2 is 1.51 bits per heavy atom. The normalized spacial score (nSPS) is 12.0. The van der Waals surface area contributed by atoms with Crippen LogP contribution in [0.1, 0.15) is 29.2 Å². The van der Waals surface area contributed by atoms with Crippen LogP contribution in [-0.2, 0) is 26.0 Å². The summed E-state index contributed by atoms with van der Waals surface area (Å²) in [6.07, 6.45) is 0.530. The zero-order valence-electron chi connectivity index (χ0n) is 22.1. The van der Waals surface area contributed by atoms with Crippen molar-refractivity contribution >= 4 is 27.5 Å². The highest BCUT2D eigenvalue weighted by molar-refractivity contribution is 7.92. The average molecular weight is 522 g/mol. The summed E-state index contributed by atoms with van der Waals surface area (Å²) in [5.74, 6) is -0.774. The van der Waals surface area contributed by atoms with Gasteiger partial charge < -0.3 is 10.2 Å². The lowest BCUT2D eigenvalue weighted by Crippen LogP contribution is -2.51. The van der Waals surface area contributed by atoms with E-state index in [1.165, 1.54) is 11.9 Å². The molecule has 3 rings (SSSR count). The number of nitrogens with zero attached hydrogens (tertiary/aromatic N) is 2. The predicted octanol–water partition coefficient (Wildman–Crippen LogP) is 4.01. The highest BCUT2D eigenvalue weighted by Gasteiger charge is 2.32. The highest BCUT2D eigenvalue weighted by Crippen LogP contribution is 2.28. The van der Waals surface area contributed by atoms with Crippen LogP contribution in [0.4, 0.5) is 5.69 Å². The maximum absolute atomic E-state index is 13.9. The molecular weight excluding hydrogens is 486 g/mol. The van der Waals surface area contributed by atoms with Gasteiger partial charge in [0, 0.05) is 13.6 Å². The fourth-order valence-electron chi connectivity index (χ4n) is 4.21. The van der Waals surface area contributed by atoms with Crippen LogP contribution in [0, 0.1) is 20.8 Å². The van der Waals surface area contributed by atoms with E-state index in [4.69, 9.17) is 0 Å². The fourth-order valence-corrected chi connectivity index (χ4v) is 5.69. The van der Waals surface area contributed by atoms with Crippen LogP contribution in [0.3, 0.4) is 0 Å². The number of aryl methyl sites for hydroxylation is 3. The summed E-state index contributed by atoms with van der Waals surface area (Å²) in [4.78, 5) is 27.8. The Morgan fingerprint density at radius 1 is 0.892 bits per heavy atom. The number of nitrogens with one attached hydrogen (secondary N) is 1. The van der Waals surface area contributed by atoms with Crippen LogP contribution >= 0.6 is 0 Å². The summed E-state index contributed by atoms with van der Waals surface area (Å²) in [6.45, 7) is 7.12. The van der Waals surface area contributed by atoms with Crippen molar-refractivity contribution in [3.63, 3.8) is 0 Å². The van der Waals surface area contributed by atoms with Crippen molar-refractivity contribution in [2.45, 2.75) is 45.1 Å². The van der Waals surface area contributed by atoms with Gasteiger partial charge in [-0.05, 0) is 63.4 Å². The molecule has 0 aliphatic rings. The minimum Gasteiger partial charge on any atom is -0.357 e. The van der Waals surface area contributed by atoms with Crippen molar-refractivity contribution in [3.8, 4) is 0 Å². The van der Waals surface area contributed by atoms with E-state index in [1.807, 2.05) is 63.2 Å². The number of carbonyl (C=O) groups is 2. The fraction of sp³-hybridized carbons (Fsp3) is 0.310. The molecular formula is C29H35N3O4S. The molecule has 37 heavy (non-hydrogen) atoms. The van der Waals surface area contributed by atoms with Crippen molar-refractivity contribution in [3.05, 3.63) is 95.1 Å². The second kappa shape index (κ2) is 12.1. The standard InChI is InChI=1S/C29H35N3O4S/c1-21-11-14-26(15-12-21)37(35,36)32(27-16-13-22(2)19-23(27)3)20-28(33)31(24(4)29(34)30-5)18-17-25-9-7-6-8-10-25/h6-16,19,24H,17-18,20H2,1-5H3,(H,30,34)/t24-/m1/s1. The number of hydrogen-bond donors (Lipinski definition) is 1. The van der Waals surface area contributed by atoms with Gasteiger partial charge in [-0.25, -0.2) is 8.42 Å². The van der Waals surface area contributed by atoms with E-state index in [2.05, 4.69) is 5.32 Å². The lowest BCUT2D eigenvalue weighted by molar-refractivity contribution is -0.138. The molecule has 0 saturated carbocycles. The number of carbonyl (C=O) groups excluding carboxylic acids is 2. The number of sulfonamides is 1. The first-order valence-corrected chi connectivity index (χ1v) is 13.7. The summed E-state index contributed by atoms with van der Waals surface area (Å²) in [5.41, 5.74) is 4.09. The number of rotatable bonds is 10. The molecule has 3 aromatic rings. The lowest BCUT2D eigenvalue weighted by Gasteiger charge is -2.32. The Morgan fingerprint density at radius 3 is 2.11 bits per heavy atom. The summed E-state index contributed by atoms with van der Waals surface area (Å²) >= 11 is 0. The van der Waals surface area contributed by atoms with Crippen LogP contribution in [0.2, 0.25) is 0 Å². The van der Waals surface area contributed by atoms with Gasteiger partial charge in [0.25, 0.3) is 10.0 Å². The highest BCUT2D eigenvalue weighted by atomic mass is 32.2. The molecule has 0 fully saturated rings. The van der Waals surface area contributed by atoms with Crippen molar-refractivity contribution in [1.29, 1.82) is 0 Å². The van der Waals surface area contributed by atoms with Gasteiger partial charge in [-0.2, -0.15) is 0 Å². The molecule has 1 N–H and O–H groups in total. The van der Waals surface area contributed by atoms with E-state index in [0.29, 0.717) is 12.1 Å². The predicted molar refractivity (Wildman–Crippen MR) is 147 cm³/mol. The van der Waals surface area contributed by atoms with Gasteiger partial charge in [-0.1, -0.05) is 65.7 Å². The molecule has 0 unspecified atom stereocenters. The molecule has 0 bridgehead atoms. The molecule has 0 radical (unpaired) electrons. The number of anilines is 1. The largest absolute Gasteiger partial charge is 0.357 e. The Labute approximate surface area is 220 Å². The third-order valence-electron chi connectivity index (χ3n) is 6.41. The summed E-state index contributed by atoms with van der Waals surface area (Å²) in [6, 6.07) is 20.9. The van der Waals surface area contributed by atoms with Gasteiger partial charge in [-0.3, -0.25) is 13.9 Å². The quantitative estimate of drug-likeness (QED) is 0.437. The molecule has 8 heteroatoms. The van der Waals surface area contributed by atoms with E-state index in [1.54, 1.807) is 37.3 Å². The third-order valence-corrected chi connectivity index (χ3v) is 8.18. The zero-order chi connectivity index (χ0) is 27.2. The van der Waals surface area contributed by atoms with E-state index in [9.17, 15) is 18.0 Å². The molecule has 196 valence electrons. The summed E-state index contributed by atoms with van der Waals surface area (Å²) in [5, 5.41) is 2.60. The summed E-state index contributed by atoms with van der Waals surface area (Å²) < 4.78 is 28.9. The molecule has 2 amide bonds. The molecule has 0 saturated heterocycles. The van der Waals surface area contributed by atoms with Crippen molar-refractivity contribution < 1.29 is 18.0 Å². The molecule has 1 atom stereocenters. The molecule has 0 aromatic heterocycles. The van der Waals surface area contributed by atoms with Gasteiger partial charge >= 0.3 is 0 Å². The van der Waals surface area contributed by atoms with Crippen molar-refractivity contribution in [2.75, 3.05) is 24.4 Å². The first kappa shape index (κ1) is 27.9. The number of likely N-dealkylation sites (N-methyl/N-ethyl adjacent to an activating group) is 1. The number of hydrogen-bond acceptors (Lipinski definition) is 4. The van der Waals surface area contributed by atoms with Gasteiger partial charge in [0.1, 0.15) is 12.6 Å². The van der Waals surface area contributed by atoms with Crippen LogP contribution < -0.4 is 9.62 Å². The Kier molecular flexibility index (Phi) is 9.10. The van der Waals surface area contributed by atoms with Gasteiger partial charge in [0.05, 0.1) is 10.6 Å². The van der Waals surface area contributed by atoms with Crippen LogP contribution in [-0.4, -0.2) is 51.3 Å². The van der Waals surface area contributed by atoms with E-state index in [-0.39, 0.29) is 17.3 Å². The number of benzene rings is 3. The minimum absolute atomic E-state index is 0.0982. The smallest absolute Gasteiger partial charge is 0.264 e. The van der Waals surface area contributed by atoms with E-state index >= 15 is 0 Å². The van der Waals surface area contributed by atoms with E-state index in [0.717, 1.165) is 26.6 Å². The molecule has 7 nitrogen and oxygen atoms in total. The molecule has 0 spiro atoms. The Hall–Kier alpha value is -3.65. The second-order valence-corrected chi connectivity index (χ2v) is 11.1. The maximum Gasteiger partial charge on any atom is 0.264 e. The van der Waals surface area contributed by atoms with Crippen molar-refractivity contribution in [1.82, 2.24) is 10.2 Å². The zero-order valence-corrected chi connectivity index (χ0v) is 22.9. The molecule has 3 aromatic carbocycles. The summed E-state index contributed by atoms with van der Waals surface area (Å²) in [7, 11) is -2.55. The van der Waals surface area contributed by atoms with Crippen LogP contribution in [0.5, 0.6) is 0 Å². The second-order valence-electron chi connectivity index (χ2n) is 9.23. The van der Waals surface area contributed by atoms with Crippen LogP contribution in [0.15, 0.2) is 77.7 Å².